The molecule has 0 saturated heterocycles. The van der Waals surface area contributed by atoms with Gasteiger partial charge in [0.25, 0.3) is 0 Å². The summed E-state index contributed by atoms with van der Waals surface area (Å²) in [6, 6.07) is 13.0. The Morgan fingerprint density at radius 1 is 1.12 bits per heavy atom. The molecule has 0 amide bonds. The van der Waals surface area contributed by atoms with Crippen LogP contribution in [0.15, 0.2) is 46.8 Å². The van der Waals surface area contributed by atoms with Crippen molar-refractivity contribution >= 4 is 41.3 Å². The molecule has 1 aromatic carbocycles. The van der Waals surface area contributed by atoms with Crippen LogP contribution in [0, 0.1) is 0 Å². The normalized spacial score (nSPS) is 11.3. The molecule has 2 N–H and O–H groups in total. The minimum absolute atomic E-state index is 0. The van der Waals surface area contributed by atoms with Gasteiger partial charge in [-0.1, -0.05) is 37.3 Å². The molecule has 0 aliphatic heterocycles. The van der Waals surface area contributed by atoms with Crippen LogP contribution < -0.4 is 10.6 Å². The van der Waals surface area contributed by atoms with E-state index in [1.807, 2.05) is 0 Å². The van der Waals surface area contributed by atoms with Crippen molar-refractivity contribution in [2.45, 2.75) is 33.4 Å². The monoisotopic (exact) mass is 486 g/mol. The molecule has 1 heterocycles. The van der Waals surface area contributed by atoms with Crippen molar-refractivity contribution in [3.05, 3.63) is 57.8 Å². The fourth-order valence-electron chi connectivity index (χ4n) is 2.52. The molecule has 6 heteroatoms. The molecule has 0 fully saturated rings. The highest BCUT2D eigenvalue weighted by molar-refractivity contribution is 14.0. The number of halogens is 1. The Kier molecular flexibility index (Phi) is 11.6. The molecule has 4 nitrogen and oxygen atoms in total. The van der Waals surface area contributed by atoms with Gasteiger partial charge >= 0.3 is 0 Å². The summed E-state index contributed by atoms with van der Waals surface area (Å²) in [5.74, 6) is 0.884. The van der Waals surface area contributed by atoms with Gasteiger partial charge in [-0.2, -0.15) is 0 Å². The Hall–Kier alpha value is -1.12. The first-order valence-corrected chi connectivity index (χ1v) is 9.90. The molecule has 26 heavy (non-hydrogen) atoms. The van der Waals surface area contributed by atoms with Gasteiger partial charge in [0.15, 0.2) is 5.96 Å². The lowest BCUT2D eigenvalue weighted by molar-refractivity contribution is 0.345. The van der Waals surface area contributed by atoms with E-state index in [9.17, 15) is 0 Å². The molecule has 2 aromatic rings. The van der Waals surface area contributed by atoms with Crippen LogP contribution in [0.2, 0.25) is 0 Å². The third-order valence-corrected chi connectivity index (χ3v) is 4.93. The van der Waals surface area contributed by atoms with Crippen LogP contribution >= 0.6 is 35.3 Å². The summed E-state index contributed by atoms with van der Waals surface area (Å²) >= 11 is 1.80. The number of nitrogens with zero attached hydrogens (tertiary/aromatic N) is 2. The molecule has 2 rings (SSSR count). The van der Waals surface area contributed by atoms with Gasteiger partial charge < -0.3 is 15.5 Å². The Bertz CT molecular complexity index is 643. The number of guanidine groups is 1. The van der Waals surface area contributed by atoms with Crippen molar-refractivity contribution in [3.8, 4) is 0 Å². The van der Waals surface area contributed by atoms with Crippen molar-refractivity contribution in [1.29, 1.82) is 0 Å². The highest BCUT2D eigenvalue weighted by atomic mass is 127. The number of thiophene rings is 1. The van der Waals surface area contributed by atoms with Gasteiger partial charge in [0.1, 0.15) is 0 Å². The van der Waals surface area contributed by atoms with Gasteiger partial charge in [-0.25, -0.2) is 4.99 Å². The molecule has 0 atom stereocenters. The number of aliphatic imine (C=N–C) groups is 1. The maximum Gasteiger partial charge on any atom is 0.191 e. The lowest BCUT2D eigenvalue weighted by Crippen LogP contribution is -2.38. The van der Waals surface area contributed by atoms with E-state index in [1.54, 1.807) is 11.3 Å². The van der Waals surface area contributed by atoms with Crippen molar-refractivity contribution in [1.82, 2.24) is 15.5 Å². The second kappa shape index (κ2) is 13.1. The van der Waals surface area contributed by atoms with Crippen LogP contribution in [-0.4, -0.2) is 37.5 Å². The summed E-state index contributed by atoms with van der Waals surface area (Å²) in [4.78, 5) is 8.43. The van der Waals surface area contributed by atoms with Crippen LogP contribution in [0.4, 0.5) is 0 Å². The average Bonchev–Trinajstić information content (AvgIpc) is 3.13. The molecule has 0 saturated carbocycles. The Morgan fingerprint density at radius 2 is 1.92 bits per heavy atom. The van der Waals surface area contributed by atoms with E-state index < -0.39 is 0 Å². The van der Waals surface area contributed by atoms with Crippen LogP contribution in [0.25, 0.3) is 0 Å². The smallest absolute Gasteiger partial charge is 0.191 e. The summed E-state index contributed by atoms with van der Waals surface area (Å²) in [6.45, 7) is 8.77. The average molecular weight is 486 g/mol. The van der Waals surface area contributed by atoms with Crippen LogP contribution in [0.3, 0.4) is 0 Å². The number of rotatable bonds is 9. The van der Waals surface area contributed by atoms with Gasteiger partial charge in [0.05, 0.1) is 6.54 Å². The Labute approximate surface area is 179 Å². The largest absolute Gasteiger partial charge is 0.357 e. The minimum Gasteiger partial charge on any atom is -0.357 e. The van der Waals surface area contributed by atoms with Gasteiger partial charge in [0, 0.05) is 24.5 Å². The fourth-order valence-corrected chi connectivity index (χ4v) is 3.23. The zero-order chi connectivity index (χ0) is 17.9. The number of hydrogen-bond donors (Lipinski definition) is 2. The quantitative estimate of drug-likeness (QED) is 0.318. The predicted octanol–water partition coefficient (Wildman–Crippen LogP) is 4.12. The Morgan fingerprint density at radius 3 is 2.62 bits per heavy atom. The SMILES string of the molecule is CCNC(=NCc1cccc(CN(C)CC)c1)NCCc1cccs1.I. The number of hydrogen-bond acceptors (Lipinski definition) is 3. The van der Waals surface area contributed by atoms with Gasteiger partial charge in [0.2, 0.25) is 0 Å². The third kappa shape index (κ3) is 8.51. The summed E-state index contributed by atoms with van der Waals surface area (Å²) in [5.41, 5.74) is 2.59. The molecule has 0 spiro atoms. The number of benzene rings is 1. The Balaban J connectivity index is 0.00000338. The van der Waals surface area contributed by atoms with Crippen LogP contribution in [0.1, 0.15) is 29.9 Å². The first-order valence-electron chi connectivity index (χ1n) is 9.02. The molecule has 0 aliphatic carbocycles. The van der Waals surface area contributed by atoms with E-state index in [-0.39, 0.29) is 24.0 Å². The minimum atomic E-state index is 0. The zero-order valence-electron chi connectivity index (χ0n) is 16.0. The topological polar surface area (TPSA) is 39.7 Å². The molecule has 0 unspecified atom stereocenters. The second-order valence-corrected chi connectivity index (χ2v) is 7.13. The summed E-state index contributed by atoms with van der Waals surface area (Å²) in [7, 11) is 2.14. The van der Waals surface area contributed by atoms with Gasteiger partial charge in [-0.3, -0.25) is 0 Å². The highest BCUT2D eigenvalue weighted by Gasteiger charge is 2.01. The van der Waals surface area contributed by atoms with Crippen molar-refractivity contribution < 1.29 is 0 Å². The van der Waals surface area contributed by atoms with E-state index >= 15 is 0 Å². The first kappa shape index (κ1) is 22.9. The molecule has 0 radical (unpaired) electrons. The van der Waals surface area contributed by atoms with E-state index in [0.29, 0.717) is 6.54 Å². The van der Waals surface area contributed by atoms with Crippen molar-refractivity contribution in [2.75, 3.05) is 26.7 Å². The molecule has 1 aromatic heterocycles. The maximum absolute atomic E-state index is 4.73. The van der Waals surface area contributed by atoms with Gasteiger partial charge in [-0.05, 0) is 49.5 Å². The molecule has 0 bridgehead atoms. The fraction of sp³-hybridized carbons (Fsp3) is 0.450. The van der Waals surface area contributed by atoms with Crippen LogP contribution in [0.5, 0.6) is 0 Å². The molecule has 0 aliphatic rings. The van der Waals surface area contributed by atoms with Crippen LogP contribution in [-0.2, 0) is 19.5 Å². The summed E-state index contributed by atoms with van der Waals surface area (Å²) < 4.78 is 0. The molecular formula is C20H31IN4S. The van der Waals surface area contributed by atoms with E-state index in [4.69, 9.17) is 4.99 Å². The lowest BCUT2D eigenvalue weighted by atomic mass is 10.1. The highest BCUT2D eigenvalue weighted by Crippen LogP contribution is 2.09. The van der Waals surface area contributed by atoms with E-state index in [0.717, 1.165) is 38.6 Å². The summed E-state index contributed by atoms with van der Waals surface area (Å²) in [6.07, 6.45) is 1.03. The maximum atomic E-state index is 4.73. The van der Waals surface area contributed by atoms with E-state index in [1.165, 1.54) is 16.0 Å². The van der Waals surface area contributed by atoms with Gasteiger partial charge in [-0.15, -0.1) is 35.3 Å². The standard InChI is InChI=1S/C20H30N4S.HI/c1-4-21-20(22-12-11-19-10-7-13-25-19)23-15-17-8-6-9-18(14-17)16-24(3)5-2;/h6-10,13-14H,4-5,11-12,15-16H2,1-3H3,(H2,21,22,23);1H. The molecular weight excluding hydrogens is 455 g/mol. The third-order valence-electron chi connectivity index (χ3n) is 3.99. The number of nitrogens with one attached hydrogen (secondary N) is 2. The predicted molar refractivity (Wildman–Crippen MR) is 125 cm³/mol. The zero-order valence-corrected chi connectivity index (χ0v) is 19.1. The van der Waals surface area contributed by atoms with Crippen molar-refractivity contribution in [3.63, 3.8) is 0 Å². The lowest BCUT2D eigenvalue weighted by Gasteiger charge is -2.14. The first-order chi connectivity index (χ1) is 12.2. The van der Waals surface area contributed by atoms with E-state index in [2.05, 4.69) is 78.2 Å². The molecule has 144 valence electrons. The second-order valence-electron chi connectivity index (χ2n) is 6.10. The summed E-state index contributed by atoms with van der Waals surface area (Å²) in [5, 5.41) is 8.87. The van der Waals surface area contributed by atoms with Crippen molar-refractivity contribution in [2.24, 2.45) is 4.99 Å².